The molecule has 0 aromatic heterocycles. The average Bonchev–Trinajstić information content (AvgIpc) is 2.38. The maximum absolute atomic E-state index is 13.9. The Bertz CT molecular complexity index is 621. The van der Waals surface area contributed by atoms with E-state index in [-0.39, 0.29) is 19.3 Å². The first-order valence-electron chi connectivity index (χ1n) is 6.12. The van der Waals surface area contributed by atoms with Gasteiger partial charge in [0.05, 0.1) is 12.7 Å². The number of ether oxygens (including phenoxy) is 1. The molecule has 112 valence electrons. The lowest BCUT2D eigenvalue weighted by molar-refractivity contribution is -0.0171. The van der Waals surface area contributed by atoms with Crippen molar-refractivity contribution in [2.75, 3.05) is 18.9 Å². The second-order valence-corrected chi connectivity index (χ2v) is 6.70. The Labute approximate surface area is 116 Å². The van der Waals surface area contributed by atoms with Crippen LogP contribution in [-0.2, 0) is 14.8 Å². The molecule has 5 nitrogen and oxygen atoms in total. The highest BCUT2D eigenvalue weighted by Gasteiger charge is 2.36. The van der Waals surface area contributed by atoms with E-state index in [2.05, 4.69) is 0 Å². The predicted molar refractivity (Wildman–Crippen MR) is 69.5 cm³/mol. The molecule has 0 saturated carbocycles. The van der Waals surface area contributed by atoms with Crippen LogP contribution in [0.2, 0.25) is 0 Å². The number of nitrogens with zero attached hydrogens (tertiary/aromatic N) is 1. The molecule has 20 heavy (non-hydrogen) atoms. The summed E-state index contributed by atoms with van der Waals surface area (Å²) in [7, 11) is -4.08. The van der Waals surface area contributed by atoms with E-state index >= 15 is 0 Å². The third-order valence-electron chi connectivity index (χ3n) is 3.23. The molecular weight excluding hydrogens is 290 g/mol. The van der Waals surface area contributed by atoms with E-state index < -0.39 is 38.3 Å². The Morgan fingerprint density at radius 3 is 2.65 bits per heavy atom. The summed E-state index contributed by atoms with van der Waals surface area (Å²) in [6.07, 6.45) is -0.290. The Balaban J connectivity index is 2.47. The lowest BCUT2D eigenvalue weighted by Crippen LogP contribution is -2.50. The summed E-state index contributed by atoms with van der Waals surface area (Å²) in [6.45, 7) is 3.72. The van der Waals surface area contributed by atoms with Gasteiger partial charge in [-0.1, -0.05) is 0 Å². The van der Waals surface area contributed by atoms with Gasteiger partial charge < -0.3 is 10.5 Å². The van der Waals surface area contributed by atoms with E-state index in [1.54, 1.807) is 13.8 Å². The Hall–Kier alpha value is -1.25. The SMILES string of the molecule is CC1CN(S(=O)(=O)c2ccc(F)c(N)c2F)C(C)CO1. The van der Waals surface area contributed by atoms with E-state index in [1.807, 2.05) is 0 Å². The van der Waals surface area contributed by atoms with Crippen LogP contribution in [0.15, 0.2) is 17.0 Å². The van der Waals surface area contributed by atoms with Crippen LogP contribution < -0.4 is 5.73 Å². The minimum Gasteiger partial charge on any atom is -0.394 e. The van der Waals surface area contributed by atoms with Crippen molar-refractivity contribution in [3.05, 3.63) is 23.8 Å². The van der Waals surface area contributed by atoms with Gasteiger partial charge in [0.25, 0.3) is 0 Å². The number of hydrogen-bond acceptors (Lipinski definition) is 4. The lowest BCUT2D eigenvalue weighted by Gasteiger charge is -2.35. The molecular formula is C12H16F2N2O3S. The van der Waals surface area contributed by atoms with Crippen LogP contribution >= 0.6 is 0 Å². The van der Waals surface area contributed by atoms with Crippen molar-refractivity contribution in [3.63, 3.8) is 0 Å². The van der Waals surface area contributed by atoms with Crippen LogP contribution in [0.4, 0.5) is 14.5 Å². The smallest absolute Gasteiger partial charge is 0.246 e. The molecule has 1 saturated heterocycles. The van der Waals surface area contributed by atoms with Crippen molar-refractivity contribution >= 4 is 15.7 Å². The number of sulfonamides is 1. The zero-order valence-electron chi connectivity index (χ0n) is 11.1. The van der Waals surface area contributed by atoms with Gasteiger partial charge in [-0.2, -0.15) is 4.31 Å². The molecule has 1 aliphatic heterocycles. The molecule has 1 heterocycles. The minimum atomic E-state index is -4.08. The molecule has 0 spiro atoms. The van der Waals surface area contributed by atoms with Crippen LogP contribution in [-0.4, -0.2) is 38.0 Å². The van der Waals surface area contributed by atoms with Gasteiger partial charge in [0.2, 0.25) is 10.0 Å². The summed E-state index contributed by atoms with van der Waals surface area (Å²) in [4.78, 5) is -0.614. The summed E-state index contributed by atoms with van der Waals surface area (Å²) >= 11 is 0. The summed E-state index contributed by atoms with van der Waals surface area (Å²) in [5.41, 5.74) is 4.42. The fourth-order valence-electron chi connectivity index (χ4n) is 2.08. The number of benzene rings is 1. The van der Waals surface area contributed by atoms with Gasteiger partial charge >= 0.3 is 0 Å². The summed E-state index contributed by atoms with van der Waals surface area (Å²) in [5.74, 6) is -2.24. The zero-order chi connectivity index (χ0) is 15.1. The molecule has 0 aliphatic carbocycles. The third-order valence-corrected chi connectivity index (χ3v) is 5.23. The number of rotatable bonds is 2. The molecule has 1 fully saturated rings. The molecule has 2 N–H and O–H groups in total. The van der Waals surface area contributed by atoms with Gasteiger partial charge in [0.1, 0.15) is 16.4 Å². The largest absolute Gasteiger partial charge is 0.394 e. The van der Waals surface area contributed by atoms with E-state index in [4.69, 9.17) is 10.5 Å². The molecule has 2 unspecified atom stereocenters. The average molecular weight is 306 g/mol. The van der Waals surface area contributed by atoms with Gasteiger partial charge in [-0.15, -0.1) is 0 Å². The first-order valence-corrected chi connectivity index (χ1v) is 7.56. The molecule has 2 atom stereocenters. The normalized spacial score (nSPS) is 24.8. The van der Waals surface area contributed by atoms with E-state index in [9.17, 15) is 17.2 Å². The number of hydrogen-bond donors (Lipinski definition) is 1. The predicted octanol–water partition coefficient (Wildman–Crippen LogP) is 1.34. The Kier molecular flexibility index (Phi) is 3.99. The standard InChI is InChI=1S/C12H16F2N2O3S/c1-7-6-19-8(2)5-16(7)20(17,18)10-4-3-9(13)12(15)11(10)14/h3-4,7-8H,5-6,15H2,1-2H3. The van der Waals surface area contributed by atoms with Crippen LogP contribution in [0, 0.1) is 11.6 Å². The number of nitrogen functional groups attached to an aromatic ring is 1. The highest BCUT2D eigenvalue weighted by atomic mass is 32.2. The second-order valence-electron chi connectivity index (χ2n) is 4.84. The van der Waals surface area contributed by atoms with Crippen molar-refractivity contribution < 1.29 is 21.9 Å². The number of morpholine rings is 1. The van der Waals surface area contributed by atoms with Gasteiger partial charge in [-0.25, -0.2) is 17.2 Å². The maximum atomic E-state index is 13.9. The van der Waals surface area contributed by atoms with Gasteiger partial charge in [0, 0.05) is 12.6 Å². The fraction of sp³-hybridized carbons (Fsp3) is 0.500. The third kappa shape index (κ3) is 2.50. The maximum Gasteiger partial charge on any atom is 0.246 e. The van der Waals surface area contributed by atoms with Crippen molar-refractivity contribution in [3.8, 4) is 0 Å². The summed E-state index contributed by atoms with van der Waals surface area (Å²) in [6, 6.07) is 1.31. The number of nitrogens with two attached hydrogens (primary N) is 1. The Morgan fingerprint density at radius 2 is 2.00 bits per heavy atom. The van der Waals surface area contributed by atoms with Gasteiger partial charge in [0.15, 0.2) is 5.82 Å². The molecule has 0 amide bonds. The van der Waals surface area contributed by atoms with Gasteiger partial charge in [-0.05, 0) is 26.0 Å². The van der Waals surface area contributed by atoms with E-state index in [0.29, 0.717) is 0 Å². The van der Waals surface area contributed by atoms with Crippen molar-refractivity contribution in [1.29, 1.82) is 0 Å². The highest BCUT2D eigenvalue weighted by molar-refractivity contribution is 7.89. The van der Waals surface area contributed by atoms with Gasteiger partial charge in [-0.3, -0.25) is 0 Å². The number of anilines is 1. The van der Waals surface area contributed by atoms with Crippen molar-refractivity contribution in [2.45, 2.75) is 30.9 Å². The molecule has 2 rings (SSSR count). The minimum absolute atomic E-state index is 0.111. The molecule has 1 aliphatic rings. The lowest BCUT2D eigenvalue weighted by atomic mass is 10.2. The summed E-state index contributed by atoms with van der Waals surface area (Å²) in [5, 5.41) is 0. The monoisotopic (exact) mass is 306 g/mol. The molecule has 1 aromatic rings. The quantitative estimate of drug-likeness (QED) is 0.837. The van der Waals surface area contributed by atoms with E-state index in [1.165, 1.54) is 0 Å². The van der Waals surface area contributed by atoms with Crippen molar-refractivity contribution in [1.82, 2.24) is 4.31 Å². The second kappa shape index (κ2) is 5.27. The van der Waals surface area contributed by atoms with Crippen LogP contribution in [0.5, 0.6) is 0 Å². The molecule has 0 radical (unpaired) electrons. The molecule has 1 aromatic carbocycles. The zero-order valence-corrected chi connectivity index (χ0v) is 12.0. The first kappa shape index (κ1) is 15.1. The van der Waals surface area contributed by atoms with Crippen LogP contribution in [0.3, 0.4) is 0 Å². The first-order chi connectivity index (χ1) is 9.25. The van der Waals surface area contributed by atoms with Crippen molar-refractivity contribution in [2.24, 2.45) is 0 Å². The molecule has 0 bridgehead atoms. The molecule has 8 heteroatoms. The highest BCUT2D eigenvalue weighted by Crippen LogP contribution is 2.28. The number of halogens is 2. The van der Waals surface area contributed by atoms with E-state index in [0.717, 1.165) is 16.4 Å². The topological polar surface area (TPSA) is 72.6 Å². The fourth-order valence-corrected chi connectivity index (χ4v) is 3.85. The Morgan fingerprint density at radius 1 is 1.35 bits per heavy atom. The van der Waals surface area contributed by atoms with Crippen LogP contribution in [0.25, 0.3) is 0 Å². The summed E-state index contributed by atoms with van der Waals surface area (Å²) < 4.78 is 58.5. The van der Waals surface area contributed by atoms with Crippen LogP contribution in [0.1, 0.15) is 13.8 Å².